The van der Waals surface area contributed by atoms with Crippen molar-refractivity contribution in [3.05, 3.63) is 30.1 Å². The van der Waals surface area contributed by atoms with Crippen LogP contribution < -0.4 is 10.6 Å². The fourth-order valence-corrected chi connectivity index (χ4v) is 2.68. The average Bonchev–Trinajstić information content (AvgIpc) is 2.74. The zero-order valence-corrected chi connectivity index (χ0v) is 12.3. The van der Waals surface area contributed by atoms with Gasteiger partial charge in [0.15, 0.2) is 0 Å². The van der Waals surface area contributed by atoms with Gasteiger partial charge in [-0.25, -0.2) is 0 Å². The molecule has 0 saturated heterocycles. The van der Waals surface area contributed by atoms with Crippen molar-refractivity contribution in [1.29, 1.82) is 0 Å². The number of nitrogens with one attached hydrogen (secondary N) is 2. The third-order valence-electron chi connectivity index (χ3n) is 3.92. The van der Waals surface area contributed by atoms with Crippen LogP contribution in [0.15, 0.2) is 24.4 Å². The van der Waals surface area contributed by atoms with Crippen molar-refractivity contribution in [2.75, 3.05) is 6.54 Å². The quantitative estimate of drug-likeness (QED) is 0.812. The molecule has 0 bridgehead atoms. The van der Waals surface area contributed by atoms with Crippen molar-refractivity contribution < 1.29 is 4.79 Å². The van der Waals surface area contributed by atoms with Gasteiger partial charge in [0.1, 0.15) is 0 Å². The summed E-state index contributed by atoms with van der Waals surface area (Å²) < 4.78 is 0. The summed E-state index contributed by atoms with van der Waals surface area (Å²) >= 11 is 0. The molecule has 0 radical (unpaired) electrons. The van der Waals surface area contributed by atoms with Gasteiger partial charge in [0.05, 0.1) is 12.2 Å². The number of pyridine rings is 1. The Labute approximate surface area is 121 Å². The molecule has 0 spiro atoms. The average molecular weight is 275 g/mol. The highest BCUT2D eigenvalue weighted by molar-refractivity contribution is 5.78. The largest absolute Gasteiger partial charge is 0.352 e. The van der Waals surface area contributed by atoms with Gasteiger partial charge in [0, 0.05) is 18.3 Å². The van der Waals surface area contributed by atoms with Gasteiger partial charge >= 0.3 is 0 Å². The van der Waals surface area contributed by atoms with Gasteiger partial charge in [0.25, 0.3) is 0 Å². The Balaban J connectivity index is 1.71. The molecule has 110 valence electrons. The fraction of sp³-hybridized carbons (Fsp3) is 0.625. The number of hydrogen-bond donors (Lipinski definition) is 2. The number of amides is 1. The maximum Gasteiger partial charge on any atom is 0.234 e. The predicted octanol–water partition coefficient (Wildman–Crippen LogP) is 2.57. The molecule has 1 fully saturated rings. The zero-order chi connectivity index (χ0) is 14.2. The molecule has 1 amide bonds. The van der Waals surface area contributed by atoms with E-state index >= 15 is 0 Å². The first-order valence-corrected chi connectivity index (χ1v) is 7.69. The van der Waals surface area contributed by atoms with E-state index in [-0.39, 0.29) is 11.9 Å². The summed E-state index contributed by atoms with van der Waals surface area (Å²) in [6, 6.07) is 6.30. The molecular weight excluding hydrogens is 250 g/mol. The Morgan fingerprint density at radius 1 is 1.30 bits per heavy atom. The van der Waals surface area contributed by atoms with Gasteiger partial charge in [-0.05, 0) is 31.9 Å². The van der Waals surface area contributed by atoms with Gasteiger partial charge in [-0.2, -0.15) is 0 Å². The summed E-state index contributed by atoms with van der Waals surface area (Å²) in [5.74, 6) is 0.0969. The molecule has 20 heavy (non-hydrogen) atoms. The van der Waals surface area contributed by atoms with Crippen molar-refractivity contribution in [2.45, 2.75) is 57.5 Å². The van der Waals surface area contributed by atoms with E-state index in [1.807, 2.05) is 25.1 Å². The predicted molar refractivity (Wildman–Crippen MR) is 80.3 cm³/mol. The van der Waals surface area contributed by atoms with E-state index in [0.29, 0.717) is 12.6 Å². The van der Waals surface area contributed by atoms with Crippen molar-refractivity contribution in [2.24, 2.45) is 0 Å². The van der Waals surface area contributed by atoms with Crippen molar-refractivity contribution in [1.82, 2.24) is 15.6 Å². The standard InChI is InChI=1S/C16H25N3O/c1-13(15-10-6-7-11-17-15)18-12-16(20)19-14-8-4-2-3-5-9-14/h6-7,10-11,13-14,18H,2-5,8-9,12H2,1H3,(H,19,20). The van der Waals surface area contributed by atoms with E-state index in [1.165, 1.54) is 25.7 Å². The van der Waals surface area contributed by atoms with Crippen LogP contribution in [0.5, 0.6) is 0 Å². The van der Waals surface area contributed by atoms with E-state index in [2.05, 4.69) is 15.6 Å². The smallest absolute Gasteiger partial charge is 0.234 e. The van der Waals surface area contributed by atoms with E-state index < -0.39 is 0 Å². The zero-order valence-electron chi connectivity index (χ0n) is 12.3. The first-order chi connectivity index (χ1) is 9.75. The Morgan fingerprint density at radius 2 is 2.05 bits per heavy atom. The number of rotatable bonds is 5. The molecule has 2 N–H and O–H groups in total. The van der Waals surface area contributed by atoms with Gasteiger partial charge in [-0.1, -0.05) is 31.7 Å². The Morgan fingerprint density at radius 3 is 2.70 bits per heavy atom. The highest BCUT2D eigenvalue weighted by atomic mass is 16.1. The minimum atomic E-state index is 0.0936. The number of aromatic nitrogens is 1. The van der Waals surface area contributed by atoms with Gasteiger partial charge in [-0.15, -0.1) is 0 Å². The lowest BCUT2D eigenvalue weighted by molar-refractivity contribution is -0.121. The third kappa shape index (κ3) is 4.93. The fourth-order valence-electron chi connectivity index (χ4n) is 2.68. The molecule has 1 aliphatic rings. The van der Waals surface area contributed by atoms with Crippen LogP contribution in [0.25, 0.3) is 0 Å². The van der Waals surface area contributed by atoms with Gasteiger partial charge in [-0.3, -0.25) is 9.78 Å². The molecule has 1 unspecified atom stereocenters. The summed E-state index contributed by atoms with van der Waals surface area (Å²) in [7, 11) is 0. The molecule has 1 aromatic rings. The Bertz CT molecular complexity index is 399. The van der Waals surface area contributed by atoms with E-state index in [1.54, 1.807) is 6.20 Å². The lowest BCUT2D eigenvalue weighted by Gasteiger charge is -2.18. The SMILES string of the molecule is CC(NCC(=O)NC1CCCCCC1)c1ccccn1. The van der Waals surface area contributed by atoms with Crippen LogP contribution in [-0.2, 0) is 4.79 Å². The number of carbonyl (C=O) groups is 1. The molecule has 1 saturated carbocycles. The number of hydrogen-bond acceptors (Lipinski definition) is 3. The minimum absolute atomic E-state index is 0.0936. The van der Waals surface area contributed by atoms with E-state index in [4.69, 9.17) is 0 Å². The first-order valence-electron chi connectivity index (χ1n) is 7.69. The highest BCUT2D eigenvalue weighted by Crippen LogP contribution is 2.17. The molecule has 1 atom stereocenters. The molecule has 1 aromatic heterocycles. The molecule has 0 aromatic carbocycles. The van der Waals surface area contributed by atoms with Crippen LogP contribution in [0, 0.1) is 0 Å². The van der Waals surface area contributed by atoms with Crippen LogP contribution in [-0.4, -0.2) is 23.5 Å². The maximum atomic E-state index is 12.0. The Hall–Kier alpha value is -1.42. The topological polar surface area (TPSA) is 54.0 Å². The molecule has 2 rings (SSSR count). The molecular formula is C16H25N3O. The van der Waals surface area contributed by atoms with Crippen molar-refractivity contribution in [3.8, 4) is 0 Å². The lowest BCUT2D eigenvalue weighted by Crippen LogP contribution is -2.40. The number of nitrogens with zero attached hydrogens (tertiary/aromatic N) is 1. The third-order valence-corrected chi connectivity index (χ3v) is 3.92. The summed E-state index contributed by atoms with van der Waals surface area (Å²) in [4.78, 5) is 16.3. The van der Waals surface area contributed by atoms with Crippen LogP contribution >= 0.6 is 0 Å². The lowest BCUT2D eigenvalue weighted by atomic mass is 10.1. The normalized spacial score (nSPS) is 18.2. The van der Waals surface area contributed by atoms with Gasteiger partial charge < -0.3 is 10.6 Å². The Kier molecular flexibility index (Phi) is 5.99. The second-order valence-corrected chi connectivity index (χ2v) is 5.61. The van der Waals surface area contributed by atoms with E-state index in [0.717, 1.165) is 18.5 Å². The monoisotopic (exact) mass is 275 g/mol. The molecule has 4 nitrogen and oxygen atoms in total. The molecule has 4 heteroatoms. The summed E-state index contributed by atoms with van der Waals surface area (Å²) in [6.45, 7) is 2.38. The summed E-state index contributed by atoms with van der Waals surface area (Å²) in [5, 5.41) is 6.37. The minimum Gasteiger partial charge on any atom is -0.352 e. The van der Waals surface area contributed by atoms with Crippen molar-refractivity contribution in [3.63, 3.8) is 0 Å². The van der Waals surface area contributed by atoms with Crippen molar-refractivity contribution >= 4 is 5.91 Å². The highest BCUT2D eigenvalue weighted by Gasteiger charge is 2.15. The molecule has 1 heterocycles. The maximum absolute atomic E-state index is 12.0. The molecule has 0 aliphatic heterocycles. The first kappa shape index (κ1) is 15.0. The van der Waals surface area contributed by atoms with Crippen LogP contribution in [0.1, 0.15) is 57.2 Å². The summed E-state index contributed by atoms with van der Waals surface area (Å²) in [5.41, 5.74) is 0.967. The van der Waals surface area contributed by atoms with E-state index in [9.17, 15) is 4.79 Å². The second kappa shape index (κ2) is 8.00. The van der Waals surface area contributed by atoms with Crippen LogP contribution in [0.4, 0.5) is 0 Å². The number of carbonyl (C=O) groups excluding carboxylic acids is 1. The summed E-state index contributed by atoms with van der Waals surface area (Å²) in [6.07, 6.45) is 9.12. The van der Waals surface area contributed by atoms with Gasteiger partial charge in [0.2, 0.25) is 5.91 Å². The second-order valence-electron chi connectivity index (χ2n) is 5.61. The molecule has 1 aliphatic carbocycles. The van der Waals surface area contributed by atoms with Crippen LogP contribution in [0.3, 0.4) is 0 Å². The van der Waals surface area contributed by atoms with Crippen LogP contribution in [0.2, 0.25) is 0 Å².